The minimum Gasteiger partial charge on any atom is -0.510 e. The molecular formula is C60H55N5OPt-2. The Morgan fingerprint density at radius 1 is 0.657 bits per heavy atom. The number of para-hydroxylation sites is 2. The third kappa shape index (κ3) is 9.00. The molecule has 0 fully saturated rings. The van der Waals surface area contributed by atoms with Crippen LogP contribution in [0.25, 0.3) is 72.4 Å². The van der Waals surface area contributed by atoms with Gasteiger partial charge in [0, 0.05) is 53.2 Å². The molecule has 10 aromatic rings. The summed E-state index contributed by atoms with van der Waals surface area (Å²) in [5.74, 6) is 1.37. The number of ether oxygens (including phenoxy) is 1. The van der Waals surface area contributed by atoms with Gasteiger partial charge in [-0.1, -0.05) is 153 Å². The first-order valence-electron chi connectivity index (χ1n) is 25.7. The Balaban J connectivity index is 0.00000672. The van der Waals surface area contributed by atoms with E-state index >= 15 is 0 Å². The first-order chi connectivity index (χ1) is 34.4. The zero-order valence-electron chi connectivity index (χ0n) is 46.1. The van der Waals surface area contributed by atoms with Crippen LogP contribution in [0, 0.1) is 23.9 Å². The maximum atomic E-state index is 9.19. The van der Waals surface area contributed by atoms with Crippen LogP contribution < -0.4 is 9.30 Å². The van der Waals surface area contributed by atoms with Gasteiger partial charge in [-0.3, -0.25) is 14.1 Å². The van der Waals surface area contributed by atoms with Crippen molar-refractivity contribution in [3.63, 3.8) is 0 Å². The summed E-state index contributed by atoms with van der Waals surface area (Å²) in [5.41, 5.74) is 7.75. The SMILES string of the molecule is [2H]c1c([2H])c([2H])c(-c2cccc(-c3cc(C(C)(C)C)cc(C(C)(C)C)c3)c2-[n+]2[c-]n(-c3[c-]c(Oc4[c-]c5c(cc4)c4ccccc4n5-c4cc(C([2H])([2H])C(C)(C)C)ccn4)ccc3)c3ncccc32)c([2H])c1[2H].[Pt]. The van der Waals surface area contributed by atoms with E-state index in [9.17, 15) is 2.74 Å². The molecule has 6 nitrogen and oxygen atoms in total. The fraction of sp³-hybridized carbons (Fsp3) is 0.217. The molecule has 4 heterocycles. The second-order valence-corrected chi connectivity index (χ2v) is 19.8. The van der Waals surface area contributed by atoms with Crippen molar-refractivity contribution in [2.45, 2.75) is 79.5 Å². The van der Waals surface area contributed by atoms with Gasteiger partial charge in [0.2, 0.25) is 0 Å². The van der Waals surface area contributed by atoms with E-state index in [1.165, 1.54) is 0 Å². The number of nitrogens with zero attached hydrogens (tertiary/aromatic N) is 5. The second kappa shape index (κ2) is 17.6. The first-order valence-corrected chi connectivity index (χ1v) is 22.2. The molecule has 7 heteroatoms. The molecule has 0 N–H and O–H groups in total. The van der Waals surface area contributed by atoms with E-state index in [1.54, 1.807) is 29.1 Å². The van der Waals surface area contributed by atoms with Crippen LogP contribution in [0.4, 0.5) is 0 Å². The normalized spacial score (nSPS) is 13.9. The molecule has 0 aliphatic heterocycles. The molecule has 6 aromatic carbocycles. The van der Waals surface area contributed by atoms with Gasteiger partial charge in [0.1, 0.15) is 11.3 Å². The summed E-state index contributed by atoms with van der Waals surface area (Å²) in [4.78, 5) is 9.62. The number of aromatic nitrogens is 5. The van der Waals surface area contributed by atoms with E-state index in [0.717, 1.165) is 38.5 Å². The first kappa shape index (κ1) is 37.5. The number of fused-ring (bicyclic) bond motifs is 4. The van der Waals surface area contributed by atoms with Gasteiger partial charge in [-0.05, 0) is 103 Å². The van der Waals surface area contributed by atoms with E-state index in [-0.39, 0.29) is 49.5 Å². The van der Waals surface area contributed by atoms with Crippen molar-refractivity contribution in [2.24, 2.45) is 5.41 Å². The summed E-state index contributed by atoms with van der Waals surface area (Å²) in [7, 11) is 0. The summed E-state index contributed by atoms with van der Waals surface area (Å²) in [6.45, 7) is 18.8. The minimum absolute atomic E-state index is 0. The monoisotopic (exact) mass is 1060 g/mol. The average Bonchev–Trinajstić information content (AvgIpc) is 3.90. The van der Waals surface area contributed by atoms with Crippen molar-refractivity contribution in [3.05, 3.63) is 193 Å². The topological polar surface area (TPSA) is 48.8 Å². The summed E-state index contributed by atoms with van der Waals surface area (Å²) in [5, 5.41) is 1.92. The standard InChI is InChI=1S/C60H55N5O.Pt/c1-58(2,3)38-40-29-31-61-55(32-40)65-52-25-14-13-22-50(52)51-28-27-47(37-54(51)65)66-46-21-15-20-45(36-46)63-39-64(53-26-17-30-62-57(53)63)56-48(41-18-11-10-12-19-41)23-16-24-49(56)42-33-43(59(4,5)6)35-44(34-42)60(7,8)9;/h10-35H,38H2,1-9H3;/q-2;/i10D,11D,12D,18D,19D,38D2;. The maximum absolute atomic E-state index is 9.19. The van der Waals surface area contributed by atoms with Gasteiger partial charge in [-0.2, -0.15) is 18.2 Å². The number of benzene rings is 6. The number of pyridine rings is 2. The fourth-order valence-electron chi connectivity index (χ4n) is 8.50. The largest absolute Gasteiger partial charge is 0.510 e. The van der Waals surface area contributed by atoms with Gasteiger partial charge in [0.15, 0.2) is 5.65 Å². The third-order valence-corrected chi connectivity index (χ3v) is 11.7. The predicted octanol–water partition coefficient (Wildman–Crippen LogP) is 14.5. The Labute approximate surface area is 419 Å². The molecule has 0 aliphatic rings. The molecule has 0 amide bonds. The number of imidazole rings is 1. The molecule has 0 radical (unpaired) electrons. The van der Waals surface area contributed by atoms with Gasteiger partial charge < -0.3 is 9.30 Å². The Hall–Kier alpha value is -6.62. The Kier molecular flexibility index (Phi) is 9.81. The van der Waals surface area contributed by atoms with Crippen molar-refractivity contribution in [1.82, 2.24) is 19.1 Å². The molecule has 0 saturated heterocycles. The van der Waals surface area contributed by atoms with Gasteiger partial charge in [0.05, 0.1) is 12.5 Å². The number of hydrogen-bond donors (Lipinski definition) is 0. The van der Waals surface area contributed by atoms with Gasteiger partial charge in [-0.25, -0.2) is 4.98 Å². The van der Waals surface area contributed by atoms with Crippen LogP contribution in [0.2, 0.25) is 0 Å². The van der Waals surface area contributed by atoms with Crippen LogP contribution in [0.3, 0.4) is 0 Å². The fourth-order valence-corrected chi connectivity index (χ4v) is 8.50. The summed E-state index contributed by atoms with van der Waals surface area (Å²) in [6.07, 6.45) is 5.30. The molecule has 0 aliphatic carbocycles. The smallest absolute Gasteiger partial charge is 0.269 e. The molecule has 67 heavy (non-hydrogen) atoms. The van der Waals surface area contributed by atoms with E-state index in [4.69, 9.17) is 21.6 Å². The van der Waals surface area contributed by atoms with Crippen molar-refractivity contribution in [1.29, 1.82) is 0 Å². The van der Waals surface area contributed by atoms with E-state index in [1.807, 2.05) is 115 Å². The predicted molar refractivity (Wildman–Crippen MR) is 269 cm³/mol. The van der Waals surface area contributed by atoms with Crippen LogP contribution in [0.5, 0.6) is 11.5 Å². The quantitative estimate of drug-likeness (QED) is 0.113. The molecule has 338 valence electrons. The van der Waals surface area contributed by atoms with E-state index in [0.29, 0.717) is 56.5 Å². The summed E-state index contributed by atoms with van der Waals surface area (Å²) in [6, 6.07) is 42.1. The van der Waals surface area contributed by atoms with Crippen LogP contribution >= 0.6 is 0 Å². The Morgan fingerprint density at radius 2 is 1.36 bits per heavy atom. The minimum atomic E-state index is -1.64. The molecule has 4 aromatic heterocycles. The number of rotatable bonds is 8. The van der Waals surface area contributed by atoms with Gasteiger partial charge >= 0.3 is 0 Å². The molecule has 0 atom stereocenters. The van der Waals surface area contributed by atoms with Crippen LogP contribution in [0.15, 0.2) is 158 Å². The second-order valence-electron chi connectivity index (χ2n) is 19.8. The van der Waals surface area contributed by atoms with Crippen LogP contribution in [0.1, 0.15) is 88.6 Å². The third-order valence-electron chi connectivity index (χ3n) is 11.7. The molecule has 0 spiro atoms. The van der Waals surface area contributed by atoms with E-state index in [2.05, 4.69) is 78.2 Å². The van der Waals surface area contributed by atoms with Crippen molar-refractivity contribution in [2.75, 3.05) is 0 Å². The molecule has 0 bridgehead atoms. The van der Waals surface area contributed by atoms with Crippen molar-refractivity contribution >= 4 is 33.0 Å². The van der Waals surface area contributed by atoms with Crippen LogP contribution in [-0.4, -0.2) is 19.1 Å². The maximum Gasteiger partial charge on any atom is 0.269 e. The molecule has 10 rings (SSSR count). The zero-order valence-corrected chi connectivity index (χ0v) is 41.4. The van der Waals surface area contributed by atoms with Gasteiger partial charge in [-0.15, -0.1) is 29.7 Å². The van der Waals surface area contributed by atoms with Crippen molar-refractivity contribution in [3.8, 4) is 50.9 Å². The Bertz CT molecular complexity index is 3780. The molecular weight excluding hydrogens is 1000 g/mol. The summed E-state index contributed by atoms with van der Waals surface area (Å²) >= 11 is 0. The molecule has 0 unspecified atom stereocenters. The average molecular weight is 1060 g/mol. The van der Waals surface area contributed by atoms with Crippen LogP contribution in [-0.2, 0) is 38.3 Å². The van der Waals surface area contributed by atoms with Gasteiger partial charge in [0.25, 0.3) is 6.33 Å². The molecule has 0 saturated carbocycles. The Morgan fingerprint density at radius 3 is 2.09 bits per heavy atom. The zero-order chi connectivity index (χ0) is 52.1. The summed E-state index contributed by atoms with van der Waals surface area (Å²) < 4.78 is 74.5. The number of hydrogen-bond acceptors (Lipinski definition) is 3. The van der Waals surface area contributed by atoms with E-state index < -0.39 is 29.9 Å². The van der Waals surface area contributed by atoms with Crippen molar-refractivity contribution < 1.29 is 40.0 Å².